The van der Waals surface area contributed by atoms with Crippen molar-refractivity contribution in [2.75, 3.05) is 6.54 Å². The van der Waals surface area contributed by atoms with Crippen LogP contribution in [0.4, 0.5) is 22.8 Å². The van der Waals surface area contributed by atoms with E-state index in [-0.39, 0.29) is 58.2 Å². The van der Waals surface area contributed by atoms with Gasteiger partial charge in [0.05, 0.1) is 18.3 Å². The van der Waals surface area contributed by atoms with E-state index in [4.69, 9.17) is 9.47 Å². The van der Waals surface area contributed by atoms with Crippen molar-refractivity contribution in [2.45, 2.75) is 139 Å². The van der Waals surface area contributed by atoms with Crippen LogP contribution in [0.5, 0.6) is 0 Å². The predicted molar refractivity (Wildman–Crippen MR) is 181 cm³/mol. The summed E-state index contributed by atoms with van der Waals surface area (Å²) in [6.45, 7) is 4.48. The van der Waals surface area contributed by atoms with Crippen LogP contribution in [0.3, 0.4) is 0 Å². The van der Waals surface area contributed by atoms with Crippen molar-refractivity contribution in [3.05, 3.63) is 35.1 Å². The smallest absolute Gasteiger partial charge is 0.410 e. The van der Waals surface area contributed by atoms with Crippen LogP contribution in [0, 0.1) is 11.7 Å². The van der Waals surface area contributed by atoms with Crippen molar-refractivity contribution in [3.63, 3.8) is 0 Å². The Labute approximate surface area is 305 Å². The largest absolute Gasteiger partial charge is 0.444 e. The Bertz CT molecular complexity index is 1770. The zero-order valence-electron chi connectivity index (χ0n) is 29.9. The van der Waals surface area contributed by atoms with Gasteiger partial charge in [0.1, 0.15) is 35.1 Å². The molecule has 1 aromatic carbocycles. The maximum atomic E-state index is 15.1. The standard InChI is InChI=1S/C35H46F3N5O9S/c1-33(2,3)52-31(47)39-26-10-6-14-34(37,38)13-5-8-21-16-35(21,30(46)41-53(49,50)23-11-12-23)40-28(44)27-15-22(18-43(27)29(26)45)51-32(48)42-17-20-7-4-9-25(36)24(20)19-42/h4,7,9,21-23,26-27H,5-6,8,10-19H2,1-3H3,(H,39,47)(H,40,44)(H,41,46)/t21-,22-,26+,27+,35-/m1/s1. The van der Waals surface area contributed by atoms with Gasteiger partial charge in [-0.15, -0.1) is 0 Å². The number of hydrogen-bond acceptors (Lipinski definition) is 9. The van der Waals surface area contributed by atoms with Crippen LogP contribution in [0.2, 0.25) is 0 Å². The number of alkyl carbamates (subject to hydrolysis) is 1. The molecule has 18 heteroatoms. The first-order chi connectivity index (χ1) is 24.8. The third-order valence-electron chi connectivity index (χ3n) is 10.5. The Hall–Kier alpha value is -4.09. The number of halogens is 3. The van der Waals surface area contributed by atoms with Gasteiger partial charge in [-0.2, -0.15) is 0 Å². The fraction of sp³-hybridized carbons (Fsp3) is 0.686. The third kappa shape index (κ3) is 8.83. The predicted octanol–water partition coefficient (Wildman–Crippen LogP) is 3.61. The molecule has 5 aliphatic rings. The minimum absolute atomic E-state index is 0.00961. The molecule has 2 saturated carbocycles. The van der Waals surface area contributed by atoms with E-state index in [1.165, 1.54) is 17.0 Å². The van der Waals surface area contributed by atoms with Gasteiger partial charge in [-0.25, -0.2) is 31.2 Å². The number of nitrogens with zero attached hydrogens (tertiary/aromatic N) is 2. The number of hydrogen-bond donors (Lipinski definition) is 3. The molecule has 0 unspecified atom stereocenters. The Morgan fingerprint density at radius 2 is 1.72 bits per heavy atom. The second kappa shape index (κ2) is 14.3. The van der Waals surface area contributed by atoms with Gasteiger partial charge in [0.15, 0.2) is 0 Å². The zero-order chi connectivity index (χ0) is 38.5. The Morgan fingerprint density at radius 1 is 1.02 bits per heavy atom. The highest BCUT2D eigenvalue weighted by Gasteiger charge is 2.62. The number of nitrogens with one attached hydrogen (secondary N) is 3. The first-order valence-corrected chi connectivity index (χ1v) is 19.6. The molecule has 0 radical (unpaired) electrons. The Kier molecular flexibility index (Phi) is 10.4. The fourth-order valence-electron chi connectivity index (χ4n) is 7.46. The average Bonchev–Trinajstić information content (AvgIpc) is 3.93. The molecule has 0 aromatic heterocycles. The lowest BCUT2D eigenvalue weighted by atomic mass is 10.00. The van der Waals surface area contributed by atoms with Crippen LogP contribution in [0.1, 0.15) is 96.1 Å². The molecule has 1 aromatic rings. The van der Waals surface area contributed by atoms with Crippen molar-refractivity contribution in [1.82, 2.24) is 25.2 Å². The molecular weight excluding hydrogens is 723 g/mol. The van der Waals surface area contributed by atoms with Crippen molar-refractivity contribution < 1.29 is 55.0 Å². The van der Waals surface area contributed by atoms with Crippen molar-refractivity contribution in [2.24, 2.45) is 5.92 Å². The number of ether oxygens (including phenoxy) is 2. The highest BCUT2D eigenvalue weighted by Crippen LogP contribution is 2.48. The molecule has 5 atom stereocenters. The van der Waals surface area contributed by atoms with E-state index in [1.807, 2.05) is 0 Å². The first kappa shape index (κ1) is 38.6. The normalized spacial score (nSPS) is 29.0. The van der Waals surface area contributed by atoms with Gasteiger partial charge >= 0.3 is 12.2 Å². The van der Waals surface area contributed by atoms with Gasteiger partial charge in [-0.05, 0) is 83.3 Å². The number of rotatable bonds is 5. The van der Waals surface area contributed by atoms with Crippen molar-refractivity contribution >= 4 is 39.9 Å². The van der Waals surface area contributed by atoms with Crippen molar-refractivity contribution in [1.29, 1.82) is 0 Å². The lowest BCUT2D eigenvalue weighted by molar-refractivity contribution is -0.141. The molecule has 0 bridgehead atoms. The lowest BCUT2D eigenvalue weighted by Gasteiger charge is -2.30. The van der Waals surface area contributed by atoms with Gasteiger partial charge in [0.25, 0.3) is 5.91 Å². The van der Waals surface area contributed by atoms with E-state index in [0.29, 0.717) is 24.0 Å². The molecule has 6 rings (SSSR count). The maximum absolute atomic E-state index is 15.1. The highest BCUT2D eigenvalue weighted by atomic mass is 32.2. The number of alkyl halides is 2. The Balaban J connectivity index is 1.27. The third-order valence-corrected chi connectivity index (χ3v) is 12.3. The molecule has 0 spiro atoms. The summed E-state index contributed by atoms with van der Waals surface area (Å²) in [5.74, 6) is -6.93. The van der Waals surface area contributed by atoms with Crippen LogP contribution >= 0.6 is 0 Å². The summed E-state index contributed by atoms with van der Waals surface area (Å²) in [4.78, 5) is 70.5. The van der Waals surface area contributed by atoms with Crippen LogP contribution in [0.15, 0.2) is 18.2 Å². The molecule has 4 fully saturated rings. The summed E-state index contributed by atoms with van der Waals surface area (Å²) in [5, 5.41) is 4.38. The molecule has 3 N–H and O–H groups in total. The zero-order valence-corrected chi connectivity index (χ0v) is 30.7. The average molecular weight is 770 g/mol. The van der Waals surface area contributed by atoms with E-state index in [1.54, 1.807) is 26.8 Å². The Morgan fingerprint density at radius 3 is 2.38 bits per heavy atom. The summed E-state index contributed by atoms with van der Waals surface area (Å²) in [7, 11) is -4.03. The molecule has 53 heavy (non-hydrogen) atoms. The summed E-state index contributed by atoms with van der Waals surface area (Å²) in [5.41, 5.74) is -1.76. The van der Waals surface area contributed by atoms with E-state index >= 15 is 8.78 Å². The van der Waals surface area contributed by atoms with E-state index < -0.39 is 105 Å². The highest BCUT2D eigenvalue weighted by molar-refractivity contribution is 7.91. The molecular formula is C35H46F3N5O9S. The summed E-state index contributed by atoms with van der Waals surface area (Å²) in [6.07, 6.45) is -3.86. The van der Waals surface area contributed by atoms with Crippen LogP contribution in [0.25, 0.3) is 0 Å². The number of fused-ring (bicyclic) bond motifs is 3. The lowest BCUT2D eigenvalue weighted by Crippen LogP contribution is -2.58. The molecule has 14 nitrogen and oxygen atoms in total. The summed E-state index contributed by atoms with van der Waals surface area (Å²) < 4.78 is 83.1. The van der Waals surface area contributed by atoms with Gasteiger partial charge in [-0.1, -0.05) is 12.1 Å². The van der Waals surface area contributed by atoms with E-state index in [2.05, 4.69) is 15.4 Å². The van der Waals surface area contributed by atoms with E-state index in [0.717, 1.165) is 4.90 Å². The van der Waals surface area contributed by atoms with Crippen molar-refractivity contribution in [3.8, 4) is 0 Å². The minimum Gasteiger partial charge on any atom is -0.444 e. The number of amides is 5. The van der Waals surface area contributed by atoms with Gasteiger partial charge in [0.2, 0.25) is 27.8 Å². The minimum atomic E-state index is -4.03. The SMILES string of the molecule is CC(C)(C)OC(=O)N[C@H]1CCCC(F)(F)CCC[C@@H]2C[C@@]2(C(=O)NS(=O)(=O)C2CC2)NC(=O)[C@@H]2C[C@@H](OC(=O)N3Cc4cccc(F)c4C3)CN2C1=O. The maximum Gasteiger partial charge on any atom is 0.410 e. The van der Waals surface area contributed by atoms with E-state index in [9.17, 15) is 36.8 Å². The summed E-state index contributed by atoms with van der Waals surface area (Å²) >= 11 is 0. The van der Waals surface area contributed by atoms with Gasteiger partial charge in [-0.3, -0.25) is 24.0 Å². The molecule has 3 heterocycles. The van der Waals surface area contributed by atoms with Crippen LogP contribution < -0.4 is 15.4 Å². The molecule has 2 aliphatic carbocycles. The number of sulfonamides is 1. The monoisotopic (exact) mass is 769 g/mol. The van der Waals surface area contributed by atoms with Gasteiger partial charge < -0.3 is 25.0 Å². The first-order valence-electron chi connectivity index (χ1n) is 18.0. The van der Waals surface area contributed by atoms with Gasteiger partial charge in [0, 0.05) is 31.4 Å². The molecule has 292 valence electrons. The number of benzene rings is 1. The summed E-state index contributed by atoms with van der Waals surface area (Å²) in [6, 6.07) is 1.70. The van der Waals surface area contributed by atoms with Crippen LogP contribution in [-0.2, 0) is 47.0 Å². The second-order valence-electron chi connectivity index (χ2n) is 15.9. The van der Waals surface area contributed by atoms with Crippen LogP contribution in [-0.4, -0.2) is 95.2 Å². The number of carbonyl (C=O) groups excluding carboxylic acids is 5. The molecule has 2 saturated heterocycles. The quantitative estimate of drug-likeness (QED) is 0.403. The fourth-order valence-corrected chi connectivity index (χ4v) is 8.82. The topological polar surface area (TPSA) is 181 Å². The molecule has 3 aliphatic heterocycles. The number of carbonyl (C=O) groups is 5. The molecule has 5 amide bonds. The second-order valence-corrected chi connectivity index (χ2v) is 17.8.